The van der Waals surface area contributed by atoms with E-state index in [0.29, 0.717) is 36.4 Å². The predicted molar refractivity (Wildman–Crippen MR) is 149 cm³/mol. The lowest BCUT2D eigenvalue weighted by atomic mass is 9.73. The quantitative estimate of drug-likeness (QED) is 0.116. The third kappa shape index (κ3) is 6.32. The van der Waals surface area contributed by atoms with Gasteiger partial charge >= 0.3 is 32.6 Å². The molecule has 4 aromatic carbocycles. The van der Waals surface area contributed by atoms with Crippen LogP contribution in [0.25, 0.3) is 0 Å². The highest BCUT2D eigenvalue weighted by molar-refractivity contribution is 7.87. The molecule has 4 aromatic rings. The molecule has 0 aliphatic heterocycles. The fourth-order valence-electron chi connectivity index (χ4n) is 4.13. The highest BCUT2D eigenvalue weighted by Crippen LogP contribution is 2.57. The number of halogens is 6. The number of alkyl halides is 6. The molecule has 6 nitrogen and oxygen atoms in total. The van der Waals surface area contributed by atoms with Gasteiger partial charge in [0.1, 0.15) is 9.79 Å². The summed E-state index contributed by atoms with van der Waals surface area (Å²) < 4.78 is 148. The molecule has 43 heavy (non-hydrogen) atoms. The summed E-state index contributed by atoms with van der Waals surface area (Å²) >= 11 is 7.84. The van der Waals surface area contributed by atoms with Gasteiger partial charge in [-0.1, -0.05) is 48.5 Å². The lowest BCUT2D eigenvalue weighted by Gasteiger charge is -2.38. The molecule has 228 valence electrons. The molecular weight excluding hydrogens is 663 g/mol. The van der Waals surface area contributed by atoms with E-state index in [1.165, 1.54) is 60.7 Å². The molecule has 0 spiro atoms. The molecule has 4 rings (SSSR count). The molecule has 0 unspecified atom stereocenters. The number of rotatable bonds is 8. The third-order valence-corrected chi connectivity index (χ3v) is 9.29. The van der Waals surface area contributed by atoms with Crippen molar-refractivity contribution in [1.29, 1.82) is 0 Å². The number of hydrogen-bond acceptors (Lipinski definition) is 8. The Kier molecular flexibility index (Phi) is 8.81. The van der Waals surface area contributed by atoms with Crippen LogP contribution in [-0.4, -0.2) is 29.2 Å². The van der Waals surface area contributed by atoms with E-state index in [2.05, 4.69) is 25.3 Å². The summed E-state index contributed by atoms with van der Waals surface area (Å²) in [6, 6.07) is 16.1. The van der Waals surface area contributed by atoms with Crippen LogP contribution in [0.1, 0.15) is 11.1 Å². The van der Waals surface area contributed by atoms with Gasteiger partial charge in [-0.25, -0.2) is 0 Å². The minimum atomic E-state index is -6.03. The Bertz CT molecular complexity index is 1710. The first-order valence-corrected chi connectivity index (χ1v) is 15.4. The molecule has 0 aliphatic carbocycles. The van der Waals surface area contributed by atoms with Crippen molar-refractivity contribution in [3.05, 3.63) is 108 Å². The molecule has 0 radical (unpaired) electrons. The lowest BCUT2D eigenvalue weighted by Crippen LogP contribution is -2.54. The van der Waals surface area contributed by atoms with E-state index in [1.54, 1.807) is 0 Å². The zero-order valence-corrected chi connectivity index (χ0v) is 24.6. The van der Waals surface area contributed by atoms with Gasteiger partial charge in [-0.2, -0.15) is 43.2 Å². The Balaban J connectivity index is 1.82. The molecule has 0 atom stereocenters. The minimum Gasteiger partial charge on any atom is -0.378 e. The van der Waals surface area contributed by atoms with Gasteiger partial charge in [0, 0.05) is 9.79 Å². The Hall–Kier alpha value is -3.34. The van der Waals surface area contributed by atoms with Crippen LogP contribution in [-0.2, 0) is 25.7 Å². The smallest absolute Gasteiger partial charge is 0.378 e. The average molecular weight is 681 g/mol. The van der Waals surface area contributed by atoms with Crippen LogP contribution in [0.15, 0.2) is 117 Å². The molecular formula is C27H18F6O6S4. The van der Waals surface area contributed by atoms with E-state index in [-0.39, 0.29) is 9.79 Å². The Morgan fingerprint density at radius 3 is 1.12 bits per heavy atom. The summed E-state index contributed by atoms with van der Waals surface area (Å²) in [4.78, 5) is -1.92. The first-order chi connectivity index (χ1) is 19.9. The molecule has 0 heterocycles. The minimum absolute atomic E-state index is 0.315. The summed E-state index contributed by atoms with van der Waals surface area (Å²) in [5, 5.41) is 0. The molecule has 0 N–H and O–H groups in total. The van der Waals surface area contributed by atoms with Crippen molar-refractivity contribution >= 4 is 45.5 Å². The zero-order valence-electron chi connectivity index (χ0n) is 21.2. The van der Waals surface area contributed by atoms with Gasteiger partial charge < -0.3 is 8.37 Å². The van der Waals surface area contributed by atoms with Gasteiger partial charge in [-0.05, 0) is 59.7 Å². The predicted octanol–water partition coefficient (Wildman–Crippen LogP) is 7.21. The summed E-state index contributed by atoms with van der Waals surface area (Å²) in [5.41, 5.74) is -7.44. The molecule has 16 heteroatoms. The van der Waals surface area contributed by atoms with Crippen LogP contribution >= 0.6 is 25.3 Å². The van der Waals surface area contributed by atoms with Crippen molar-refractivity contribution in [3.8, 4) is 11.5 Å². The van der Waals surface area contributed by atoms with Gasteiger partial charge in [0.05, 0.1) is 0 Å². The van der Waals surface area contributed by atoms with Crippen molar-refractivity contribution in [2.75, 3.05) is 0 Å². The Morgan fingerprint density at radius 1 is 0.512 bits per heavy atom. The van der Waals surface area contributed by atoms with Gasteiger partial charge in [-0.15, -0.1) is 25.3 Å². The largest absolute Gasteiger partial charge is 0.411 e. The van der Waals surface area contributed by atoms with E-state index in [1.807, 2.05) is 0 Å². The van der Waals surface area contributed by atoms with Crippen molar-refractivity contribution in [2.24, 2.45) is 0 Å². The Labute approximate surface area is 253 Å². The van der Waals surface area contributed by atoms with E-state index >= 15 is 0 Å². The Morgan fingerprint density at radius 2 is 0.837 bits per heavy atom. The highest BCUT2D eigenvalue weighted by atomic mass is 32.2. The summed E-state index contributed by atoms with van der Waals surface area (Å²) in [6.07, 6.45) is -12.1. The van der Waals surface area contributed by atoms with Gasteiger partial charge in [0.2, 0.25) is 5.41 Å². The molecule has 0 saturated heterocycles. The molecule has 0 amide bonds. The summed E-state index contributed by atoms with van der Waals surface area (Å²) in [5.74, 6) is -1.25. The van der Waals surface area contributed by atoms with Crippen LogP contribution < -0.4 is 8.37 Å². The van der Waals surface area contributed by atoms with Crippen molar-refractivity contribution < 1.29 is 51.5 Å². The van der Waals surface area contributed by atoms with Crippen LogP contribution in [0, 0.1) is 0 Å². The molecule has 0 saturated carbocycles. The van der Waals surface area contributed by atoms with Gasteiger partial charge in [-0.3, -0.25) is 0 Å². The fraction of sp³-hybridized carbons (Fsp3) is 0.111. The summed E-state index contributed by atoms with van der Waals surface area (Å²) in [7, 11) is -9.01. The van der Waals surface area contributed by atoms with Crippen molar-refractivity contribution in [3.63, 3.8) is 0 Å². The van der Waals surface area contributed by atoms with Crippen LogP contribution in [0.4, 0.5) is 26.3 Å². The molecule has 0 bridgehead atoms. The van der Waals surface area contributed by atoms with E-state index < -0.39 is 70.4 Å². The first kappa shape index (κ1) is 32.6. The molecule has 0 fully saturated rings. The van der Waals surface area contributed by atoms with Crippen LogP contribution in [0.5, 0.6) is 11.5 Å². The maximum Gasteiger partial charge on any atom is 0.411 e. The van der Waals surface area contributed by atoms with E-state index in [9.17, 15) is 43.2 Å². The standard InChI is InChI=1S/C27H18F6O6S4/c28-26(29,30)25(27(31,32)33,17-11-13-21(23(40)15-17)38-42(34,35)19-7-3-1-4-8-19)18-12-14-22(24(41)16-18)39-43(36,37)20-9-5-2-6-10-20/h1-16,40-41H. The number of hydrogen-bond donors (Lipinski definition) is 2. The second-order valence-electron chi connectivity index (χ2n) is 8.81. The van der Waals surface area contributed by atoms with Gasteiger partial charge in [0.25, 0.3) is 0 Å². The number of benzene rings is 4. The van der Waals surface area contributed by atoms with Gasteiger partial charge in [0.15, 0.2) is 11.5 Å². The van der Waals surface area contributed by atoms with Crippen molar-refractivity contribution in [1.82, 2.24) is 0 Å². The summed E-state index contributed by atoms with van der Waals surface area (Å²) in [6.45, 7) is 0. The first-order valence-electron chi connectivity index (χ1n) is 11.7. The SMILES string of the molecule is O=S(=O)(Oc1ccc(C(c2ccc(OS(=O)(=O)c3ccccc3)c(S)c2)(C(F)(F)F)C(F)(F)F)cc1S)c1ccccc1. The van der Waals surface area contributed by atoms with Crippen LogP contribution in [0.2, 0.25) is 0 Å². The van der Waals surface area contributed by atoms with Crippen LogP contribution in [0.3, 0.4) is 0 Å². The molecule has 0 aromatic heterocycles. The molecule has 0 aliphatic rings. The van der Waals surface area contributed by atoms with E-state index in [4.69, 9.17) is 8.37 Å². The van der Waals surface area contributed by atoms with E-state index in [0.717, 1.165) is 0 Å². The monoisotopic (exact) mass is 680 g/mol. The maximum absolute atomic E-state index is 14.7. The number of thiol groups is 2. The zero-order chi connectivity index (χ0) is 31.8. The maximum atomic E-state index is 14.7. The van der Waals surface area contributed by atoms with Crippen molar-refractivity contribution in [2.45, 2.75) is 37.3 Å². The second-order valence-corrected chi connectivity index (χ2v) is 12.9. The second kappa shape index (κ2) is 11.6. The lowest BCUT2D eigenvalue weighted by molar-refractivity contribution is -0.288. The average Bonchev–Trinajstić information content (AvgIpc) is 2.91. The fourth-order valence-corrected chi connectivity index (χ4v) is 6.71. The topological polar surface area (TPSA) is 86.7 Å². The normalized spacial score (nSPS) is 13.0. The third-order valence-electron chi connectivity index (χ3n) is 6.10. The highest BCUT2D eigenvalue weighted by Gasteiger charge is 2.72.